The Morgan fingerprint density at radius 2 is 2.00 bits per heavy atom. The summed E-state index contributed by atoms with van der Waals surface area (Å²) in [6.45, 7) is 10.0. The molecule has 140 valence electrons. The zero-order chi connectivity index (χ0) is 19.4. The number of nitrogens with zero attached hydrogens (tertiary/aromatic N) is 2. The number of non-ortho nitro benzene ring substituents is 1. The van der Waals surface area contributed by atoms with E-state index in [1.807, 2.05) is 40.7 Å². The molecule has 1 aromatic heterocycles. The van der Waals surface area contributed by atoms with Crippen LogP contribution in [0.25, 0.3) is 10.9 Å². The Balaban J connectivity index is 2.79. The average molecular weight is 360 g/mol. The van der Waals surface area contributed by atoms with Crippen LogP contribution in [-0.2, 0) is 6.54 Å². The number of nitro groups is 1. The monoisotopic (exact) mass is 360 g/mol. The SMILES string of the molecule is CCn1c(=O)c(OC(C)C)c(OCC=C(C)C)c2ccc([N+](=O)[O-])cc21. The number of ether oxygens (including phenoxy) is 2. The second-order valence-corrected chi connectivity index (χ2v) is 6.43. The molecule has 0 N–H and O–H groups in total. The van der Waals surface area contributed by atoms with Crippen LogP contribution in [-0.4, -0.2) is 22.2 Å². The van der Waals surface area contributed by atoms with E-state index < -0.39 is 4.92 Å². The molecule has 2 rings (SSSR count). The highest BCUT2D eigenvalue weighted by molar-refractivity contribution is 5.89. The summed E-state index contributed by atoms with van der Waals surface area (Å²) in [6.07, 6.45) is 1.68. The third kappa shape index (κ3) is 4.04. The molecule has 0 amide bonds. The summed E-state index contributed by atoms with van der Waals surface area (Å²) in [5, 5.41) is 11.7. The largest absolute Gasteiger partial charge is 0.485 e. The van der Waals surface area contributed by atoms with Gasteiger partial charge in [0.05, 0.1) is 16.5 Å². The number of aryl methyl sites for hydroxylation is 1. The molecule has 0 bridgehead atoms. The smallest absolute Gasteiger partial charge is 0.297 e. The molecule has 0 spiro atoms. The van der Waals surface area contributed by atoms with Gasteiger partial charge < -0.3 is 14.0 Å². The third-order valence-corrected chi connectivity index (χ3v) is 3.76. The Hall–Kier alpha value is -2.83. The van der Waals surface area contributed by atoms with E-state index in [1.54, 1.807) is 6.07 Å². The van der Waals surface area contributed by atoms with Crippen molar-refractivity contribution in [1.82, 2.24) is 4.57 Å². The fraction of sp³-hybridized carbons (Fsp3) is 0.421. The standard InChI is InChI=1S/C19H24N2O5/c1-6-20-16-11-14(21(23)24)7-8-15(16)17(25-10-9-12(2)3)18(19(20)22)26-13(4)5/h7-9,11,13H,6,10H2,1-5H3. The van der Waals surface area contributed by atoms with Gasteiger partial charge in [-0.2, -0.15) is 0 Å². The van der Waals surface area contributed by atoms with Gasteiger partial charge in [0.25, 0.3) is 11.2 Å². The molecule has 26 heavy (non-hydrogen) atoms. The summed E-state index contributed by atoms with van der Waals surface area (Å²) in [4.78, 5) is 23.6. The molecule has 0 atom stereocenters. The minimum Gasteiger partial charge on any atom is -0.485 e. The van der Waals surface area contributed by atoms with Crippen LogP contribution < -0.4 is 15.0 Å². The Morgan fingerprint density at radius 3 is 2.54 bits per heavy atom. The number of nitro benzene ring substituents is 1. The first-order chi connectivity index (χ1) is 12.3. The molecular formula is C19H24N2O5. The van der Waals surface area contributed by atoms with E-state index >= 15 is 0 Å². The lowest BCUT2D eigenvalue weighted by Gasteiger charge is -2.19. The lowest BCUT2D eigenvalue weighted by atomic mass is 10.1. The second kappa shape index (κ2) is 8.03. The summed E-state index contributed by atoms with van der Waals surface area (Å²) >= 11 is 0. The van der Waals surface area contributed by atoms with Crippen molar-refractivity contribution in [2.24, 2.45) is 0 Å². The minimum absolute atomic E-state index is 0.0770. The van der Waals surface area contributed by atoms with E-state index in [2.05, 4.69) is 0 Å². The highest BCUT2D eigenvalue weighted by Crippen LogP contribution is 2.35. The summed E-state index contributed by atoms with van der Waals surface area (Å²) in [7, 11) is 0. The van der Waals surface area contributed by atoms with Crippen LogP contribution in [0.4, 0.5) is 5.69 Å². The fourth-order valence-corrected chi connectivity index (χ4v) is 2.59. The number of hydrogen-bond acceptors (Lipinski definition) is 5. The second-order valence-electron chi connectivity index (χ2n) is 6.43. The maximum atomic E-state index is 12.9. The van der Waals surface area contributed by atoms with E-state index in [-0.39, 0.29) is 29.7 Å². The van der Waals surface area contributed by atoms with E-state index in [9.17, 15) is 14.9 Å². The van der Waals surface area contributed by atoms with Crippen molar-refractivity contribution < 1.29 is 14.4 Å². The third-order valence-electron chi connectivity index (χ3n) is 3.76. The maximum absolute atomic E-state index is 12.9. The Kier molecular flexibility index (Phi) is 6.02. The van der Waals surface area contributed by atoms with E-state index in [0.717, 1.165) is 5.57 Å². The highest BCUT2D eigenvalue weighted by Gasteiger charge is 2.21. The lowest BCUT2D eigenvalue weighted by Crippen LogP contribution is -2.25. The predicted octanol–water partition coefficient (Wildman–Crippen LogP) is 4.06. The topological polar surface area (TPSA) is 83.6 Å². The Labute approximate surface area is 152 Å². The average Bonchev–Trinajstić information content (AvgIpc) is 2.56. The summed E-state index contributed by atoms with van der Waals surface area (Å²) in [6, 6.07) is 4.40. The van der Waals surface area contributed by atoms with Crippen molar-refractivity contribution in [2.75, 3.05) is 6.61 Å². The normalized spacial score (nSPS) is 10.8. The van der Waals surface area contributed by atoms with Crippen molar-refractivity contribution in [2.45, 2.75) is 47.3 Å². The summed E-state index contributed by atoms with van der Waals surface area (Å²) in [5.74, 6) is 0.446. The molecule has 7 nitrogen and oxygen atoms in total. The van der Waals surface area contributed by atoms with Gasteiger partial charge in [-0.05, 0) is 46.8 Å². The lowest BCUT2D eigenvalue weighted by molar-refractivity contribution is -0.384. The van der Waals surface area contributed by atoms with Gasteiger partial charge in [0, 0.05) is 24.1 Å². The molecule has 1 aromatic carbocycles. The highest BCUT2D eigenvalue weighted by atomic mass is 16.6. The zero-order valence-electron chi connectivity index (χ0n) is 15.7. The first kappa shape index (κ1) is 19.5. The number of aromatic nitrogens is 1. The number of fused-ring (bicyclic) bond motifs is 1. The van der Waals surface area contributed by atoms with Gasteiger partial charge in [-0.3, -0.25) is 14.9 Å². The maximum Gasteiger partial charge on any atom is 0.297 e. The van der Waals surface area contributed by atoms with Crippen LogP contribution in [0.1, 0.15) is 34.6 Å². The molecule has 0 fully saturated rings. The van der Waals surface area contributed by atoms with Crippen molar-refractivity contribution in [3.63, 3.8) is 0 Å². The van der Waals surface area contributed by atoms with Crippen molar-refractivity contribution in [1.29, 1.82) is 0 Å². The molecule has 2 aromatic rings. The molecule has 0 saturated carbocycles. The number of benzene rings is 1. The molecule has 0 aliphatic heterocycles. The van der Waals surface area contributed by atoms with Gasteiger partial charge in [-0.25, -0.2) is 0 Å². The molecule has 0 unspecified atom stereocenters. The van der Waals surface area contributed by atoms with Crippen LogP contribution in [0, 0.1) is 10.1 Å². The van der Waals surface area contributed by atoms with Gasteiger partial charge >= 0.3 is 0 Å². The first-order valence-corrected chi connectivity index (χ1v) is 8.54. The molecule has 7 heteroatoms. The number of hydrogen-bond donors (Lipinski definition) is 0. The Morgan fingerprint density at radius 1 is 1.31 bits per heavy atom. The molecule has 0 saturated heterocycles. The zero-order valence-corrected chi connectivity index (χ0v) is 15.7. The molecule has 1 heterocycles. The van der Waals surface area contributed by atoms with Gasteiger partial charge in [0.2, 0.25) is 5.75 Å². The van der Waals surface area contributed by atoms with Crippen LogP contribution in [0.3, 0.4) is 0 Å². The molecule has 0 radical (unpaired) electrons. The van der Waals surface area contributed by atoms with Crippen molar-refractivity contribution in [3.05, 3.63) is 50.3 Å². The predicted molar refractivity (Wildman–Crippen MR) is 101 cm³/mol. The van der Waals surface area contributed by atoms with Crippen LogP contribution >= 0.6 is 0 Å². The van der Waals surface area contributed by atoms with E-state index in [4.69, 9.17) is 9.47 Å². The molecular weight excluding hydrogens is 336 g/mol. The minimum atomic E-state index is -0.480. The van der Waals surface area contributed by atoms with Gasteiger partial charge in [0.1, 0.15) is 6.61 Å². The van der Waals surface area contributed by atoms with Gasteiger partial charge in [-0.15, -0.1) is 0 Å². The van der Waals surface area contributed by atoms with E-state index in [1.165, 1.54) is 16.7 Å². The van der Waals surface area contributed by atoms with Gasteiger partial charge in [-0.1, -0.05) is 5.57 Å². The summed E-state index contributed by atoms with van der Waals surface area (Å²) < 4.78 is 13.1. The van der Waals surface area contributed by atoms with Crippen LogP contribution in [0.5, 0.6) is 11.5 Å². The fourth-order valence-electron chi connectivity index (χ4n) is 2.59. The molecule has 0 aliphatic carbocycles. The Bertz CT molecular complexity index is 908. The quantitative estimate of drug-likeness (QED) is 0.422. The number of allylic oxidation sites excluding steroid dienone is 1. The van der Waals surface area contributed by atoms with E-state index in [0.29, 0.717) is 23.2 Å². The van der Waals surface area contributed by atoms with Crippen molar-refractivity contribution in [3.8, 4) is 11.5 Å². The van der Waals surface area contributed by atoms with Crippen LogP contribution in [0.2, 0.25) is 0 Å². The first-order valence-electron chi connectivity index (χ1n) is 8.54. The number of pyridine rings is 1. The number of rotatable bonds is 7. The van der Waals surface area contributed by atoms with Crippen molar-refractivity contribution >= 4 is 16.6 Å². The summed E-state index contributed by atoms with van der Waals surface area (Å²) in [5.41, 5.74) is 1.10. The molecule has 0 aliphatic rings. The van der Waals surface area contributed by atoms with Gasteiger partial charge in [0.15, 0.2) is 5.75 Å². The van der Waals surface area contributed by atoms with Crippen LogP contribution in [0.15, 0.2) is 34.6 Å².